The molecule has 0 spiro atoms. The molecule has 0 amide bonds. The van der Waals surface area contributed by atoms with Gasteiger partial charge < -0.3 is 9.84 Å². The van der Waals surface area contributed by atoms with Crippen LogP contribution in [0.4, 0.5) is 8.39 Å². The number of hydrogen-bond acceptors (Lipinski definition) is 6. The predicted molar refractivity (Wildman–Crippen MR) is 73.0 cm³/mol. The molecule has 0 bridgehead atoms. The number of aromatic amines is 1. The molecule has 1 aliphatic rings. The van der Waals surface area contributed by atoms with Crippen LogP contribution in [0.25, 0.3) is 0 Å². The van der Waals surface area contributed by atoms with Gasteiger partial charge in [0.15, 0.2) is 0 Å². The maximum absolute atomic E-state index is 12.6. The fourth-order valence-corrected chi connectivity index (χ4v) is 2.50. The van der Waals surface area contributed by atoms with Crippen molar-refractivity contribution in [1.29, 1.82) is 0 Å². The highest BCUT2D eigenvalue weighted by atomic mass is 32.5. The maximum Gasteiger partial charge on any atom is 0.403 e. The lowest BCUT2D eigenvalue weighted by Gasteiger charge is -2.16. The Morgan fingerprint density at radius 3 is 2.90 bits per heavy atom. The lowest BCUT2D eigenvalue weighted by atomic mass is 10.2. The summed E-state index contributed by atoms with van der Waals surface area (Å²) in [6.45, 7) is -3.89. The zero-order chi connectivity index (χ0) is 15.8. The van der Waals surface area contributed by atoms with Crippen LogP contribution in [-0.4, -0.2) is 33.5 Å². The van der Waals surface area contributed by atoms with E-state index in [1.807, 2.05) is 0 Å². The average molecular weight is 342 g/mol. The largest absolute Gasteiger partial charge is 0.403 e. The molecule has 118 valence electrons. The fourth-order valence-electron chi connectivity index (χ4n) is 2.00. The molecule has 2 rings (SSSR count). The van der Waals surface area contributed by atoms with Crippen LogP contribution in [0.2, 0.25) is 0 Å². The van der Waals surface area contributed by atoms with Crippen molar-refractivity contribution in [3.8, 4) is 0 Å². The summed E-state index contributed by atoms with van der Waals surface area (Å²) >= 11 is 3.86. The predicted octanol–water partition coefficient (Wildman–Crippen LogP) is 0.674. The monoisotopic (exact) mass is 342 g/mol. The molecular weight excluding hydrogens is 329 g/mol. The van der Waals surface area contributed by atoms with Gasteiger partial charge in [-0.05, 0) is 6.92 Å². The fraction of sp³-hybridized carbons (Fsp3) is 0.600. The maximum atomic E-state index is 12.6. The highest BCUT2D eigenvalue weighted by Gasteiger charge is 2.36. The van der Waals surface area contributed by atoms with Crippen LogP contribution in [0.15, 0.2) is 15.8 Å². The minimum Gasteiger partial charge on any atom is -0.390 e. The molecule has 0 unspecified atom stereocenters. The van der Waals surface area contributed by atoms with E-state index in [9.17, 15) is 23.1 Å². The summed E-state index contributed by atoms with van der Waals surface area (Å²) in [6, 6.07) is 0. The number of ether oxygens (including phenoxy) is 1. The Morgan fingerprint density at radius 2 is 2.29 bits per heavy atom. The molecule has 7 nitrogen and oxygen atoms in total. The van der Waals surface area contributed by atoms with Gasteiger partial charge in [0.25, 0.3) is 5.56 Å². The van der Waals surface area contributed by atoms with Crippen molar-refractivity contribution in [3.05, 3.63) is 32.6 Å². The van der Waals surface area contributed by atoms with Gasteiger partial charge >= 0.3 is 12.6 Å². The molecule has 0 saturated carbocycles. The Morgan fingerprint density at radius 1 is 1.62 bits per heavy atom. The van der Waals surface area contributed by atoms with Gasteiger partial charge in [0.1, 0.15) is 12.3 Å². The summed E-state index contributed by atoms with van der Waals surface area (Å²) in [7, 11) is 0. The molecule has 1 aromatic rings. The van der Waals surface area contributed by atoms with Gasteiger partial charge in [-0.3, -0.25) is 18.9 Å². The number of H-pyrrole nitrogens is 1. The Hall–Kier alpha value is -0.930. The Bertz CT molecular complexity index is 687. The molecule has 0 radical (unpaired) electrons. The normalized spacial score (nSPS) is 26.2. The van der Waals surface area contributed by atoms with E-state index in [2.05, 4.69) is 21.3 Å². The van der Waals surface area contributed by atoms with E-state index in [1.54, 1.807) is 0 Å². The van der Waals surface area contributed by atoms with E-state index < -0.39 is 43.2 Å². The molecule has 2 N–H and O–H groups in total. The van der Waals surface area contributed by atoms with Crippen molar-refractivity contribution in [1.82, 2.24) is 9.55 Å². The number of aromatic nitrogens is 2. The van der Waals surface area contributed by atoms with Crippen LogP contribution in [0.3, 0.4) is 0 Å². The van der Waals surface area contributed by atoms with E-state index in [4.69, 9.17) is 4.74 Å². The molecule has 21 heavy (non-hydrogen) atoms. The van der Waals surface area contributed by atoms with Crippen molar-refractivity contribution in [3.63, 3.8) is 0 Å². The molecule has 2 heterocycles. The van der Waals surface area contributed by atoms with Crippen molar-refractivity contribution in [2.45, 2.75) is 31.8 Å². The number of hydrogen-bond donors (Lipinski definition) is 2. The number of halogens is 2. The van der Waals surface area contributed by atoms with E-state index in [-0.39, 0.29) is 12.0 Å². The van der Waals surface area contributed by atoms with Crippen LogP contribution in [0, 0.1) is 6.92 Å². The third-order valence-corrected chi connectivity index (χ3v) is 3.82. The Kier molecular flexibility index (Phi) is 4.74. The van der Waals surface area contributed by atoms with Gasteiger partial charge in [0, 0.05) is 30.0 Å². The van der Waals surface area contributed by atoms with Crippen molar-refractivity contribution < 1.29 is 22.8 Å². The van der Waals surface area contributed by atoms with E-state index >= 15 is 0 Å². The first-order chi connectivity index (χ1) is 9.67. The number of aryl methyl sites for hydroxylation is 1. The van der Waals surface area contributed by atoms with Crippen molar-refractivity contribution in [2.75, 3.05) is 6.61 Å². The van der Waals surface area contributed by atoms with E-state index in [0.717, 1.165) is 4.57 Å². The van der Waals surface area contributed by atoms with Crippen LogP contribution in [-0.2, 0) is 21.1 Å². The zero-order valence-electron chi connectivity index (χ0n) is 10.9. The average Bonchev–Trinajstić information content (AvgIpc) is 2.72. The molecule has 1 saturated heterocycles. The lowest BCUT2D eigenvalue weighted by molar-refractivity contribution is -0.0412. The number of aliphatic hydroxyl groups is 1. The second-order valence-corrected chi connectivity index (χ2v) is 6.98. The molecule has 0 aliphatic carbocycles. The topological polar surface area (TPSA) is 93.6 Å². The van der Waals surface area contributed by atoms with Gasteiger partial charge in [0.05, 0.1) is 12.7 Å². The first kappa shape index (κ1) is 16.4. The Balaban J connectivity index is 2.14. The number of rotatable bonds is 4. The quantitative estimate of drug-likeness (QED) is 0.782. The lowest BCUT2D eigenvalue weighted by Crippen LogP contribution is -2.33. The van der Waals surface area contributed by atoms with Crippen molar-refractivity contribution >= 4 is 18.7 Å². The first-order valence-electron chi connectivity index (χ1n) is 5.97. The molecule has 1 fully saturated rings. The Labute approximate surface area is 122 Å². The van der Waals surface area contributed by atoms with Crippen molar-refractivity contribution in [2.24, 2.45) is 0 Å². The third-order valence-electron chi connectivity index (χ3n) is 3.05. The second kappa shape index (κ2) is 6.05. The van der Waals surface area contributed by atoms with Gasteiger partial charge in [-0.1, -0.05) is 0 Å². The number of nitrogens with zero attached hydrogens (tertiary/aromatic N) is 1. The summed E-state index contributed by atoms with van der Waals surface area (Å²) in [5.74, 6) is 0. The van der Waals surface area contributed by atoms with Crippen LogP contribution in [0.1, 0.15) is 18.2 Å². The van der Waals surface area contributed by atoms with Crippen LogP contribution in [0.5, 0.6) is 0 Å². The second-order valence-electron chi connectivity index (χ2n) is 4.62. The smallest absolute Gasteiger partial charge is 0.390 e. The molecule has 3 atom stereocenters. The third kappa shape index (κ3) is 4.04. The van der Waals surface area contributed by atoms with Gasteiger partial charge in [-0.2, -0.15) is 8.39 Å². The highest BCUT2D eigenvalue weighted by Crippen LogP contribution is 2.51. The minimum atomic E-state index is -4.83. The zero-order valence-corrected chi connectivity index (χ0v) is 12.6. The summed E-state index contributed by atoms with van der Waals surface area (Å²) in [4.78, 5) is 25.1. The van der Waals surface area contributed by atoms with E-state index in [0.29, 0.717) is 0 Å². The summed E-state index contributed by atoms with van der Waals surface area (Å²) in [6.07, 6.45) is -1.65. The first-order valence-corrected chi connectivity index (χ1v) is 8.47. The van der Waals surface area contributed by atoms with Gasteiger partial charge in [-0.15, -0.1) is 0 Å². The van der Waals surface area contributed by atoms with E-state index in [1.165, 1.54) is 13.1 Å². The van der Waals surface area contributed by atoms with Gasteiger partial charge in [0.2, 0.25) is 0 Å². The summed E-state index contributed by atoms with van der Waals surface area (Å²) in [5, 5.41) is 9.77. The van der Waals surface area contributed by atoms with Crippen LogP contribution < -0.4 is 11.2 Å². The van der Waals surface area contributed by atoms with Gasteiger partial charge in [-0.25, -0.2) is 4.79 Å². The molecular formula is C10H13F2N2O5PS. The minimum absolute atomic E-state index is 0.0147. The molecule has 1 aromatic heterocycles. The highest BCUT2D eigenvalue weighted by molar-refractivity contribution is 8.07. The standard InChI is InChI=1S/C10H13F2N2O5PS/c1-5-3-14(10(17)13-9(5)16)8-2-6(15)7(19-8)4-18-20(11,12)21/h3,6-8,15H,2,4H2,1H3,(H,13,16,17)/t6-,7+,8+/m0/s1. The molecule has 1 aliphatic heterocycles. The number of nitrogens with one attached hydrogen (secondary N) is 1. The summed E-state index contributed by atoms with van der Waals surface area (Å²) < 4.78 is 35.7. The molecule has 11 heteroatoms. The number of aliphatic hydroxyl groups excluding tert-OH is 1. The molecule has 0 aromatic carbocycles. The summed E-state index contributed by atoms with van der Waals surface area (Å²) in [5.41, 5.74) is -0.939. The van der Waals surface area contributed by atoms with Crippen LogP contribution >= 0.6 is 6.89 Å². The SMILES string of the molecule is Cc1cn([C@H]2C[C@H](O)[C@@H](COP(F)(F)=S)O2)c(=O)[nH]c1=O.